The van der Waals surface area contributed by atoms with Crippen molar-refractivity contribution >= 4 is 29.1 Å². The normalized spacial score (nSPS) is 14.9. The Hall–Kier alpha value is -3.68. The van der Waals surface area contributed by atoms with Crippen LogP contribution in [0.2, 0.25) is 0 Å². The van der Waals surface area contributed by atoms with E-state index in [1.54, 1.807) is 6.92 Å². The fourth-order valence-electron chi connectivity index (χ4n) is 3.03. The highest BCUT2D eigenvalue weighted by atomic mass is 16.6. The zero-order valence-electron chi connectivity index (χ0n) is 16.8. The number of nitrogens with zero attached hydrogens (tertiary/aromatic N) is 3. The number of nitro benzene ring substituents is 1. The van der Waals surface area contributed by atoms with E-state index in [1.807, 2.05) is 32.0 Å². The van der Waals surface area contributed by atoms with Gasteiger partial charge in [0.25, 0.3) is 11.6 Å². The lowest BCUT2D eigenvalue weighted by atomic mass is 10.0. The minimum atomic E-state index is -0.526. The summed E-state index contributed by atoms with van der Waals surface area (Å²) in [5.74, 6) is 0.215. The minimum Gasteiger partial charge on any atom is -0.493 e. The standard InChI is InChI=1S/C21H21N3O5/c1-12-6-7-16(8-13(12)2)23-21(25)17(14(3)22-23)9-15-10-19(28-4)20(29-5)11-18(15)24(26)27/h6-11H,1-5H3. The molecule has 2 aromatic rings. The van der Waals surface area contributed by atoms with Gasteiger partial charge in [-0.1, -0.05) is 6.07 Å². The summed E-state index contributed by atoms with van der Waals surface area (Å²) in [6.07, 6.45) is 1.46. The lowest BCUT2D eigenvalue weighted by Crippen LogP contribution is -2.21. The number of hydrogen-bond donors (Lipinski definition) is 0. The highest BCUT2D eigenvalue weighted by Crippen LogP contribution is 2.36. The molecule has 29 heavy (non-hydrogen) atoms. The van der Waals surface area contributed by atoms with E-state index in [0.717, 1.165) is 11.1 Å². The Morgan fingerprint density at radius 2 is 1.69 bits per heavy atom. The van der Waals surface area contributed by atoms with Crippen LogP contribution in [0, 0.1) is 24.0 Å². The van der Waals surface area contributed by atoms with Gasteiger partial charge in [-0.25, -0.2) is 0 Å². The molecule has 0 N–H and O–H groups in total. The maximum Gasteiger partial charge on any atom is 0.280 e. The number of hydrogen-bond acceptors (Lipinski definition) is 6. The van der Waals surface area contributed by atoms with Gasteiger partial charge in [0.05, 0.1) is 47.7 Å². The number of methoxy groups -OCH3 is 2. The summed E-state index contributed by atoms with van der Waals surface area (Å²) < 4.78 is 10.4. The summed E-state index contributed by atoms with van der Waals surface area (Å²) in [5.41, 5.74) is 3.57. The number of anilines is 1. The van der Waals surface area contributed by atoms with Crippen LogP contribution in [-0.2, 0) is 4.79 Å². The van der Waals surface area contributed by atoms with Gasteiger partial charge in [0.1, 0.15) is 0 Å². The lowest BCUT2D eigenvalue weighted by Gasteiger charge is -2.13. The van der Waals surface area contributed by atoms with Crippen LogP contribution in [0.1, 0.15) is 23.6 Å². The van der Waals surface area contributed by atoms with Crippen LogP contribution in [0.4, 0.5) is 11.4 Å². The van der Waals surface area contributed by atoms with Crippen LogP contribution in [-0.4, -0.2) is 30.8 Å². The molecule has 1 heterocycles. The van der Waals surface area contributed by atoms with Gasteiger partial charge in [-0.05, 0) is 56.2 Å². The molecule has 2 aromatic carbocycles. The van der Waals surface area contributed by atoms with Crippen molar-refractivity contribution in [1.82, 2.24) is 0 Å². The first kappa shape index (κ1) is 20.1. The van der Waals surface area contributed by atoms with Crippen molar-refractivity contribution in [3.8, 4) is 11.5 Å². The average molecular weight is 395 g/mol. The molecule has 0 aromatic heterocycles. The van der Waals surface area contributed by atoms with Crippen molar-refractivity contribution in [3.63, 3.8) is 0 Å². The Kier molecular flexibility index (Phi) is 5.36. The number of rotatable bonds is 5. The topological polar surface area (TPSA) is 94.3 Å². The molecule has 0 aliphatic carbocycles. The number of carbonyl (C=O) groups excluding carboxylic acids is 1. The average Bonchev–Trinajstić information content (AvgIpc) is 2.97. The molecule has 0 atom stereocenters. The van der Waals surface area contributed by atoms with Gasteiger partial charge >= 0.3 is 0 Å². The van der Waals surface area contributed by atoms with Crippen molar-refractivity contribution < 1.29 is 19.2 Å². The van der Waals surface area contributed by atoms with Crippen LogP contribution < -0.4 is 14.5 Å². The van der Waals surface area contributed by atoms with Gasteiger partial charge in [0.2, 0.25) is 0 Å². The van der Waals surface area contributed by atoms with Gasteiger partial charge < -0.3 is 9.47 Å². The molecule has 0 unspecified atom stereocenters. The summed E-state index contributed by atoms with van der Waals surface area (Å²) in [5, 5.41) is 17.2. The van der Waals surface area contributed by atoms with Gasteiger partial charge in [-0.2, -0.15) is 10.1 Å². The van der Waals surface area contributed by atoms with E-state index in [-0.39, 0.29) is 28.5 Å². The zero-order valence-corrected chi connectivity index (χ0v) is 16.8. The largest absolute Gasteiger partial charge is 0.493 e. The molecular formula is C21H21N3O5. The highest BCUT2D eigenvalue weighted by Gasteiger charge is 2.30. The molecule has 0 saturated heterocycles. The number of amides is 1. The van der Waals surface area contributed by atoms with E-state index in [0.29, 0.717) is 17.1 Å². The second-order valence-corrected chi connectivity index (χ2v) is 6.65. The number of ether oxygens (including phenoxy) is 2. The predicted octanol–water partition coefficient (Wildman–Crippen LogP) is 4.03. The summed E-state index contributed by atoms with van der Waals surface area (Å²) >= 11 is 0. The molecule has 8 nitrogen and oxygen atoms in total. The molecule has 8 heteroatoms. The van der Waals surface area contributed by atoms with Crippen molar-refractivity contribution in [3.05, 3.63) is 62.7 Å². The monoisotopic (exact) mass is 395 g/mol. The summed E-state index contributed by atoms with van der Waals surface area (Å²) in [6.45, 7) is 5.64. The van der Waals surface area contributed by atoms with Crippen LogP contribution in [0.15, 0.2) is 41.0 Å². The first-order chi connectivity index (χ1) is 13.8. The Morgan fingerprint density at radius 3 is 2.28 bits per heavy atom. The van der Waals surface area contributed by atoms with Crippen LogP contribution >= 0.6 is 0 Å². The van der Waals surface area contributed by atoms with E-state index in [4.69, 9.17) is 9.47 Å². The highest BCUT2D eigenvalue weighted by molar-refractivity contribution is 6.32. The van der Waals surface area contributed by atoms with Gasteiger partial charge in [-0.15, -0.1) is 0 Å². The third-order valence-electron chi connectivity index (χ3n) is 4.83. The number of carbonyl (C=O) groups is 1. The Bertz CT molecular complexity index is 1070. The summed E-state index contributed by atoms with van der Waals surface area (Å²) in [4.78, 5) is 24.0. The summed E-state index contributed by atoms with van der Waals surface area (Å²) in [7, 11) is 2.84. The van der Waals surface area contributed by atoms with Crippen LogP contribution in [0.25, 0.3) is 6.08 Å². The van der Waals surface area contributed by atoms with Gasteiger partial charge in [-0.3, -0.25) is 14.9 Å². The number of benzene rings is 2. The second-order valence-electron chi connectivity index (χ2n) is 6.65. The molecular weight excluding hydrogens is 374 g/mol. The molecule has 0 saturated carbocycles. The molecule has 0 bridgehead atoms. The molecule has 0 radical (unpaired) electrons. The fourth-order valence-corrected chi connectivity index (χ4v) is 3.03. The second kappa shape index (κ2) is 7.75. The minimum absolute atomic E-state index is 0.194. The van der Waals surface area contributed by atoms with Gasteiger partial charge in [0, 0.05) is 0 Å². The maximum atomic E-state index is 13.0. The third kappa shape index (κ3) is 3.69. The number of nitro groups is 1. The van der Waals surface area contributed by atoms with Crippen molar-refractivity contribution in [2.75, 3.05) is 19.2 Å². The van der Waals surface area contributed by atoms with E-state index in [1.165, 1.54) is 37.4 Å². The molecule has 3 rings (SSSR count). The number of aryl methyl sites for hydroxylation is 2. The third-order valence-corrected chi connectivity index (χ3v) is 4.83. The molecule has 1 amide bonds. The smallest absolute Gasteiger partial charge is 0.280 e. The van der Waals surface area contributed by atoms with E-state index < -0.39 is 4.92 Å². The predicted molar refractivity (Wildman–Crippen MR) is 111 cm³/mol. The molecule has 0 fully saturated rings. The molecule has 1 aliphatic rings. The lowest BCUT2D eigenvalue weighted by molar-refractivity contribution is -0.385. The van der Waals surface area contributed by atoms with Crippen molar-refractivity contribution in [2.24, 2.45) is 5.10 Å². The summed E-state index contributed by atoms with van der Waals surface area (Å²) in [6, 6.07) is 8.37. The number of hydrazone groups is 1. The van der Waals surface area contributed by atoms with Crippen molar-refractivity contribution in [1.29, 1.82) is 0 Å². The molecule has 150 valence electrons. The first-order valence-corrected chi connectivity index (χ1v) is 8.86. The first-order valence-electron chi connectivity index (χ1n) is 8.86. The van der Waals surface area contributed by atoms with Gasteiger partial charge in [0.15, 0.2) is 11.5 Å². The molecule has 0 spiro atoms. The molecule has 1 aliphatic heterocycles. The SMILES string of the molecule is COc1cc(C=C2C(=O)N(c3ccc(C)c(C)c3)N=C2C)c([N+](=O)[O-])cc1OC. The van der Waals surface area contributed by atoms with Crippen molar-refractivity contribution in [2.45, 2.75) is 20.8 Å². The Morgan fingerprint density at radius 1 is 1.03 bits per heavy atom. The quantitative estimate of drug-likeness (QED) is 0.433. The fraction of sp³-hybridized carbons (Fsp3) is 0.238. The van der Waals surface area contributed by atoms with E-state index in [2.05, 4.69) is 5.10 Å². The van der Waals surface area contributed by atoms with E-state index in [9.17, 15) is 14.9 Å². The maximum absolute atomic E-state index is 13.0. The zero-order chi connectivity index (χ0) is 21.3. The Balaban J connectivity index is 2.07. The van der Waals surface area contributed by atoms with E-state index >= 15 is 0 Å². The van der Waals surface area contributed by atoms with Crippen LogP contribution in [0.5, 0.6) is 11.5 Å². The van der Waals surface area contributed by atoms with Crippen LogP contribution in [0.3, 0.4) is 0 Å². The Labute approximate surface area is 168 Å².